The van der Waals surface area contributed by atoms with Gasteiger partial charge in [-0.2, -0.15) is 0 Å². The van der Waals surface area contributed by atoms with E-state index in [1.165, 1.54) is 16.5 Å². The summed E-state index contributed by atoms with van der Waals surface area (Å²) in [6, 6.07) is 16.0. The molecule has 5 nitrogen and oxygen atoms in total. The Hall–Kier alpha value is -3.34. The smallest absolute Gasteiger partial charge is 0.220 e. The number of pyridine rings is 1. The molecule has 4 rings (SSSR count). The Balaban J connectivity index is 1.49. The molecule has 5 heteroatoms. The Kier molecular flexibility index (Phi) is 5.24. The Labute approximate surface area is 163 Å². The van der Waals surface area contributed by atoms with E-state index in [0.717, 1.165) is 35.5 Å². The Morgan fingerprint density at radius 3 is 2.89 bits per heavy atom. The highest BCUT2D eigenvalue weighted by atomic mass is 16.3. The van der Waals surface area contributed by atoms with Gasteiger partial charge < -0.3 is 14.7 Å². The fraction of sp³-hybridized carbons (Fsp3) is 0.217. The number of carbonyl (C=O) groups is 1. The number of amides is 1. The van der Waals surface area contributed by atoms with E-state index in [1.54, 1.807) is 12.5 Å². The average Bonchev–Trinajstić information content (AvgIpc) is 3.35. The van der Waals surface area contributed by atoms with Gasteiger partial charge in [-0.25, -0.2) is 0 Å². The zero-order valence-corrected chi connectivity index (χ0v) is 15.9. The molecule has 1 amide bonds. The van der Waals surface area contributed by atoms with Crippen LogP contribution in [0.15, 0.2) is 65.4 Å². The van der Waals surface area contributed by atoms with E-state index in [0.29, 0.717) is 13.0 Å². The second-order valence-electron chi connectivity index (χ2n) is 6.95. The summed E-state index contributed by atoms with van der Waals surface area (Å²) >= 11 is 0. The van der Waals surface area contributed by atoms with E-state index in [9.17, 15) is 4.79 Å². The van der Waals surface area contributed by atoms with Crippen LogP contribution in [-0.4, -0.2) is 15.9 Å². The van der Waals surface area contributed by atoms with Crippen molar-refractivity contribution in [2.45, 2.75) is 32.7 Å². The molecule has 142 valence electrons. The van der Waals surface area contributed by atoms with Gasteiger partial charge in [0.05, 0.1) is 24.2 Å². The Morgan fingerprint density at radius 2 is 2.11 bits per heavy atom. The van der Waals surface area contributed by atoms with Gasteiger partial charge in [0, 0.05) is 23.5 Å². The summed E-state index contributed by atoms with van der Waals surface area (Å²) in [5, 5.41) is 4.11. The number of aromatic nitrogens is 2. The van der Waals surface area contributed by atoms with Gasteiger partial charge in [0.25, 0.3) is 0 Å². The second kappa shape index (κ2) is 8.13. The number of rotatable bonds is 7. The van der Waals surface area contributed by atoms with Crippen molar-refractivity contribution in [2.24, 2.45) is 0 Å². The molecule has 0 saturated carbocycles. The van der Waals surface area contributed by atoms with E-state index < -0.39 is 0 Å². The normalized spacial score (nSPS) is 11.0. The highest BCUT2D eigenvalue weighted by Crippen LogP contribution is 2.31. The molecule has 0 aliphatic carbocycles. The van der Waals surface area contributed by atoms with Crippen LogP contribution in [0.25, 0.3) is 22.3 Å². The van der Waals surface area contributed by atoms with Gasteiger partial charge in [-0.05, 0) is 61.7 Å². The number of aromatic amines is 1. The van der Waals surface area contributed by atoms with Crippen molar-refractivity contribution in [1.82, 2.24) is 15.3 Å². The van der Waals surface area contributed by atoms with Crippen LogP contribution in [-0.2, 0) is 17.8 Å². The molecule has 0 aliphatic rings. The van der Waals surface area contributed by atoms with Crippen molar-refractivity contribution in [3.63, 3.8) is 0 Å². The summed E-state index contributed by atoms with van der Waals surface area (Å²) in [6.45, 7) is 2.52. The Bertz CT molecular complexity index is 1070. The summed E-state index contributed by atoms with van der Waals surface area (Å²) in [7, 11) is 0. The molecule has 0 radical (unpaired) electrons. The number of hydrogen-bond donors (Lipinski definition) is 2. The first-order chi connectivity index (χ1) is 13.7. The number of fused-ring (bicyclic) bond motifs is 1. The maximum atomic E-state index is 12.2. The lowest BCUT2D eigenvalue weighted by molar-refractivity contribution is -0.121. The van der Waals surface area contributed by atoms with Crippen molar-refractivity contribution >= 4 is 16.8 Å². The molecule has 0 fully saturated rings. The topological polar surface area (TPSA) is 70.9 Å². The SMILES string of the molecule is Cc1ccc2[nH]c(-c3ccccn3)c(CCCC(=O)NCc3ccco3)c2c1. The third-order valence-electron chi connectivity index (χ3n) is 4.85. The zero-order valence-electron chi connectivity index (χ0n) is 15.9. The van der Waals surface area contributed by atoms with Crippen molar-refractivity contribution in [1.29, 1.82) is 0 Å². The van der Waals surface area contributed by atoms with Crippen LogP contribution in [0.3, 0.4) is 0 Å². The van der Waals surface area contributed by atoms with Gasteiger partial charge in [0.15, 0.2) is 0 Å². The number of furan rings is 1. The predicted molar refractivity (Wildman–Crippen MR) is 110 cm³/mol. The maximum Gasteiger partial charge on any atom is 0.220 e. The monoisotopic (exact) mass is 373 g/mol. The van der Waals surface area contributed by atoms with Crippen LogP contribution in [0.1, 0.15) is 29.7 Å². The molecule has 28 heavy (non-hydrogen) atoms. The highest BCUT2D eigenvalue weighted by Gasteiger charge is 2.14. The van der Waals surface area contributed by atoms with Gasteiger partial charge >= 0.3 is 0 Å². The fourth-order valence-electron chi connectivity index (χ4n) is 3.46. The number of nitrogens with zero attached hydrogens (tertiary/aromatic N) is 1. The van der Waals surface area contributed by atoms with Crippen LogP contribution in [0.4, 0.5) is 0 Å². The Morgan fingerprint density at radius 1 is 1.18 bits per heavy atom. The summed E-state index contributed by atoms with van der Waals surface area (Å²) < 4.78 is 5.25. The number of H-pyrrole nitrogens is 1. The zero-order chi connectivity index (χ0) is 19.3. The number of carbonyl (C=O) groups excluding carboxylic acids is 1. The molecule has 1 aromatic carbocycles. The maximum absolute atomic E-state index is 12.2. The standard InChI is InChI=1S/C23H23N3O2/c1-16-10-11-20-19(14-16)18(23(26-20)21-8-2-3-12-24-21)7-4-9-22(27)25-15-17-6-5-13-28-17/h2-3,5-6,8,10-14,26H,4,7,9,15H2,1H3,(H,25,27). The lowest BCUT2D eigenvalue weighted by Crippen LogP contribution is -2.22. The lowest BCUT2D eigenvalue weighted by atomic mass is 10.0. The summed E-state index contributed by atoms with van der Waals surface area (Å²) in [4.78, 5) is 20.2. The molecule has 0 atom stereocenters. The van der Waals surface area contributed by atoms with Crippen molar-refractivity contribution < 1.29 is 9.21 Å². The first-order valence-electron chi connectivity index (χ1n) is 9.52. The largest absolute Gasteiger partial charge is 0.467 e. The van der Waals surface area contributed by atoms with E-state index in [2.05, 4.69) is 40.4 Å². The third-order valence-corrected chi connectivity index (χ3v) is 4.85. The van der Waals surface area contributed by atoms with Crippen LogP contribution in [0.2, 0.25) is 0 Å². The molecule has 0 unspecified atom stereocenters. The predicted octanol–water partition coefficient (Wildman–Crippen LogP) is 4.77. The number of benzene rings is 1. The van der Waals surface area contributed by atoms with Crippen LogP contribution in [0, 0.1) is 6.92 Å². The van der Waals surface area contributed by atoms with Crippen LogP contribution >= 0.6 is 0 Å². The fourth-order valence-corrected chi connectivity index (χ4v) is 3.46. The molecule has 3 aromatic heterocycles. The second-order valence-corrected chi connectivity index (χ2v) is 6.95. The third kappa shape index (κ3) is 3.98. The van der Waals surface area contributed by atoms with Crippen molar-refractivity contribution in [2.75, 3.05) is 0 Å². The quantitative estimate of drug-likeness (QED) is 0.490. The summed E-state index contributed by atoms with van der Waals surface area (Å²) in [5.74, 6) is 0.796. The molecule has 0 spiro atoms. The number of nitrogens with one attached hydrogen (secondary N) is 2. The summed E-state index contributed by atoms with van der Waals surface area (Å²) in [5.41, 5.74) is 5.50. The van der Waals surface area contributed by atoms with Crippen LogP contribution < -0.4 is 5.32 Å². The van der Waals surface area contributed by atoms with Gasteiger partial charge in [-0.1, -0.05) is 17.7 Å². The van der Waals surface area contributed by atoms with E-state index in [-0.39, 0.29) is 5.91 Å². The van der Waals surface area contributed by atoms with E-state index >= 15 is 0 Å². The van der Waals surface area contributed by atoms with Gasteiger partial charge in [0.2, 0.25) is 5.91 Å². The van der Waals surface area contributed by atoms with Crippen molar-refractivity contribution in [3.05, 3.63) is 77.9 Å². The molecule has 3 heterocycles. The highest BCUT2D eigenvalue weighted by molar-refractivity contribution is 5.90. The minimum absolute atomic E-state index is 0.0341. The van der Waals surface area contributed by atoms with Gasteiger partial charge in [-0.15, -0.1) is 0 Å². The number of hydrogen-bond acceptors (Lipinski definition) is 3. The van der Waals surface area contributed by atoms with E-state index in [1.807, 2.05) is 30.3 Å². The number of aryl methyl sites for hydroxylation is 2. The molecule has 0 aliphatic heterocycles. The molecule has 4 aromatic rings. The molecular formula is C23H23N3O2. The first kappa shape index (κ1) is 18.0. The van der Waals surface area contributed by atoms with E-state index in [4.69, 9.17) is 4.42 Å². The van der Waals surface area contributed by atoms with Gasteiger partial charge in [0.1, 0.15) is 5.76 Å². The average molecular weight is 373 g/mol. The molecule has 0 saturated heterocycles. The summed E-state index contributed by atoms with van der Waals surface area (Å²) in [6.07, 6.45) is 5.46. The molecule has 2 N–H and O–H groups in total. The van der Waals surface area contributed by atoms with Crippen LogP contribution in [0.5, 0.6) is 0 Å². The minimum atomic E-state index is 0.0341. The minimum Gasteiger partial charge on any atom is -0.467 e. The first-order valence-corrected chi connectivity index (χ1v) is 9.52. The molecule has 0 bridgehead atoms. The van der Waals surface area contributed by atoms with Crippen molar-refractivity contribution in [3.8, 4) is 11.4 Å². The lowest BCUT2D eigenvalue weighted by Gasteiger charge is -2.06. The molecular weight excluding hydrogens is 350 g/mol. The van der Waals surface area contributed by atoms with Gasteiger partial charge in [-0.3, -0.25) is 9.78 Å².